The van der Waals surface area contributed by atoms with Crippen LogP contribution >= 0.6 is 0 Å². The molecule has 0 amide bonds. The van der Waals surface area contributed by atoms with Gasteiger partial charge in [0.05, 0.1) is 12.1 Å². The van der Waals surface area contributed by atoms with Crippen LogP contribution in [0.2, 0.25) is 0 Å². The van der Waals surface area contributed by atoms with Crippen LogP contribution in [0.4, 0.5) is 13.2 Å². The molecule has 0 saturated heterocycles. The predicted octanol–water partition coefficient (Wildman–Crippen LogP) is 2.79. The molecule has 0 aliphatic rings. The highest BCUT2D eigenvalue weighted by Gasteiger charge is 2.33. The van der Waals surface area contributed by atoms with E-state index in [0.29, 0.717) is 19.0 Å². The summed E-state index contributed by atoms with van der Waals surface area (Å²) in [6.45, 7) is 0.998. The molecule has 1 heterocycles. The van der Waals surface area contributed by atoms with Crippen LogP contribution in [0.1, 0.15) is 11.1 Å². The Labute approximate surface area is 144 Å². The summed E-state index contributed by atoms with van der Waals surface area (Å²) >= 11 is 0. The van der Waals surface area contributed by atoms with Crippen LogP contribution in [0.15, 0.2) is 47.7 Å². The van der Waals surface area contributed by atoms with Gasteiger partial charge in [0, 0.05) is 33.0 Å². The second-order valence-corrected chi connectivity index (χ2v) is 5.38. The molecule has 0 aliphatic heterocycles. The largest absolute Gasteiger partial charge is 0.491 e. The van der Waals surface area contributed by atoms with Crippen LogP contribution in [-0.4, -0.2) is 30.7 Å². The van der Waals surface area contributed by atoms with Crippen molar-refractivity contribution in [2.24, 2.45) is 12.0 Å². The van der Waals surface area contributed by atoms with Crippen molar-refractivity contribution in [1.29, 1.82) is 0 Å². The number of ether oxygens (including phenoxy) is 1. The highest BCUT2D eigenvalue weighted by molar-refractivity contribution is 5.79. The van der Waals surface area contributed by atoms with Gasteiger partial charge in [-0.3, -0.25) is 4.99 Å². The zero-order valence-electron chi connectivity index (χ0n) is 14.1. The number of nitrogens with zero attached hydrogens (tertiary/aromatic N) is 2. The quantitative estimate of drug-likeness (QED) is 0.476. The number of hydrogen-bond donors (Lipinski definition) is 2. The van der Waals surface area contributed by atoms with Gasteiger partial charge < -0.3 is 19.9 Å². The highest BCUT2D eigenvalue weighted by Crippen LogP contribution is 2.35. The Bertz CT molecular complexity index is 710. The second-order valence-electron chi connectivity index (χ2n) is 5.38. The number of alkyl halides is 3. The Morgan fingerprint density at radius 2 is 1.96 bits per heavy atom. The van der Waals surface area contributed by atoms with Crippen LogP contribution in [0.25, 0.3) is 0 Å². The minimum atomic E-state index is -4.43. The molecule has 136 valence electrons. The van der Waals surface area contributed by atoms with Gasteiger partial charge in [0.1, 0.15) is 12.4 Å². The average molecular weight is 354 g/mol. The molecule has 0 aliphatic carbocycles. The predicted molar refractivity (Wildman–Crippen MR) is 90.6 cm³/mol. The number of aromatic nitrogens is 1. The minimum absolute atomic E-state index is 0.0825. The highest BCUT2D eigenvalue weighted by atomic mass is 19.4. The fourth-order valence-corrected chi connectivity index (χ4v) is 2.23. The van der Waals surface area contributed by atoms with E-state index >= 15 is 0 Å². The van der Waals surface area contributed by atoms with Crippen molar-refractivity contribution in [1.82, 2.24) is 15.2 Å². The molecule has 0 unspecified atom stereocenters. The molecule has 2 aromatic rings. The van der Waals surface area contributed by atoms with Gasteiger partial charge in [0.25, 0.3) is 0 Å². The van der Waals surface area contributed by atoms with Crippen LogP contribution in [0.5, 0.6) is 5.75 Å². The summed E-state index contributed by atoms with van der Waals surface area (Å²) < 4.78 is 45.8. The third-order valence-electron chi connectivity index (χ3n) is 3.42. The van der Waals surface area contributed by atoms with E-state index in [9.17, 15) is 13.2 Å². The number of nitrogens with one attached hydrogen (secondary N) is 2. The van der Waals surface area contributed by atoms with Crippen LogP contribution in [0.3, 0.4) is 0 Å². The molecular formula is C17H21F3N4O. The monoisotopic (exact) mass is 354 g/mol. The molecule has 1 aromatic carbocycles. The number of benzene rings is 1. The zero-order chi connectivity index (χ0) is 18.3. The standard InChI is InChI=1S/C17H21F3N4O/c1-21-16(23-11-13-7-9-24(2)12-13)22-8-10-25-15-6-4-3-5-14(15)17(18,19)20/h3-7,9,12H,8,10-11H2,1-2H3,(H2,21,22,23). The lowest BCUT2D eigenvalue weighted by Gasteiger charge is -2.15. The number of aryl methyl sites for hydroxylation is 1. The van der Waals surface area contributed by atoms with Gasteiger partial charge in [0.2, 0.25) is 0 Å². The van der Waals surface area contributed by atoms with Gasteiger partial charge in [-0.2, -0.15) is 13.2 Å². The van der Waals surface area contributed by atoms with Gasteiger partial charge in [-0.25, -0.2) is 0 Å². The number of halogens is 3. The van der Waals surface area contributed by atoms with E-state index in [2.05, 4.69) is 15.6 Å². The molecular weight excluding hydrogens is 333 g/mol. The first kappa shape index (κ1) is 18.7. The Morgan fingerprint density at radius 3 is 2.60 bits per heavy atom. The molecule has 1 aromatic heterocycles. The van der Waals surface area contributed by atoms with E-state index in [1.807, 2.05) is 30.1 Å². The third kappa shape index (κ3) is 5.74. The summed E-state index contributed by atoms with van der Waals surface area (Å²) in [4.78, 5) is 4.06. The topological polar surface area (TPSA) is 50.6 Å². The molecule has 25 heavy (non-hydrogen) atoms. The fourth-order valence-electron chi connectivity index (χ4n) is 2.23. The Kier molecular flexibility index (Phi) is 6.32. The molecule has 5 nitrogen and oxygen atoms in total. The number of rotatable bonds is 6. The summed E-state index contributed by atoms with van der Waals surface area (Å²) in [5, 5.41) is 6.12. The normalized spacial score (nSPS) is 12.1. The maximum absolute atomic E-state index is 12.9. The van der Waals surface area contributed by atoms with E-state index in [-0.39, 0.29) is 12.4 Å². The molecule has 0 atom stereocenters. The maximum Gasteiger partial charge on any atom is 0.419 e. The van der Waals surface area contributed by atoms with Crippen molar-refractivity contribution >= 4 is 5.96 Å². The van der Waals surface area contributed by atoms with Crippen molar-refractivity contribution < 1.29 is 17.9 Å². The molecule has 0 radical (unpaired) electrons. The van der Waals surface area contributed by atoms with E-state index in [1.54, 1.807) is 7.05 Å². The Hall–Kier alpha value is -2.64. The van der Waals surface area contributed by atoms with Gasteiger partial charge >= 0.3 is 6.18 Å². The Morgan fingerprint density at radius 1 is 1.20 bits per heavy atom. The lowest BCUT2D eigenvalue weighted by atomic mass is 10.2. The van der Waals surface area contributed by atoms with Crippen molar-refractivity contribution in [3.63, 3.8) is 0 Å². The van der Waals surface area contributed by atoms with Gasteiger partial charge in [-0.05, 0) is 23.8 Å². The Balaban J connectivity index is 1.78. The van der Waals surface area contributed by atoms with E-state index in [4.69, 9.17) is 4.74 Å². The van der Waals surface area contributed by atoms with Crippen LogP contribution < -0.4 is 15.4 Å². The van der Waals surface area contributed by atoms with Gasteiger partial charge in [0.15, 0.2) is 5.96 Å². The summed E-state index contributed by atoms with van der Waals surface area (Å²) in [7, 11) is 3.56. The van der Waals surface area contributed by atoms with Gasteiger partial charge in [-0.15, -0.1) is 0 Å². The number of aliphatic imine (C=N–C) groups is 1. The molecule has 0 fully saturated rings. The van der Waals surface area contributed by atoms with E-state index in [1.165, 1.54) is 18.2 Å². The molecule has 0 spiro atoms. The van der Waals surface area contributed by atoms with Crippen LogP contribution in [0, 0.1) is 0 Å². The molecule has 8 heteroatoms. The first-order valence-electron chi connectivity index (χ1n) is 7.74. The zero-order valence-corrected chi connectivity index (χ0v) is 14.1. The second kappa shape index (κ2) is 8.46. The maximum atomic E-state index is 12.9. The van der Waals surface area contributed by atoms with Crippen molar-refractivity contribution in [3.05, 3.63) is 53.9 Å². The number of para-hydroxylation sites is 1. The fraction of sp³-hybridized carbons (Fsp3) is 0.353. The lowest BCUT2D eigenvalue weighted by Crippen LogP contribution is -2.38. The molecule has 2 rings (SSSR count). The summed E-state index contributed by atoms with van der Waals surface area (Å²) in [6.07, 6.45) is -0.506. The van der Waals surface area contributed by atoms with Crippen molar-refractivity contribution in [3.8, 4) is 5.75 Å². The summed E-state index contributed by atoms with van der Waals surface area (Å²) in [5.41, 5.74) is 0.322. The SMILES string of the molecule is CN=C(NCCOc1ccccc1C(F)(F)F)NCc1ccn(C)c1. The van der Waals surface area contributed by atoms with E-state index in [0.717, 1.165) is 11.6 Å². The number of guanidine groups is 1. The number of hydrogen-bond acceptors (Lipinski definition) is 2. The average Bonchev–Trinajstić information content (AvgIpc) is 2.99. The van der Waals surface area contributed by atoms with Crippen molar-refractivity contribution in [2.45, 2.75) is 12.7 Å². The first-order valence-corrected chi connectivity index (χ1v) is 7.74. The smallest absolute Gasteiger partial charge is 0.419 e. The molecule has 0 saturated carbocycles. The molecule has 2 N–H and O–H groups in total. The van der Waals surface area contributed by atoms with Crippen molar-refractivity contribution in [2.75, 3.05) is 20.2 Å². The summed E-state index contributed by atoms with van der Waals surface area (Å²) in [5.74, 6) is 0.376. The molecule has 0 bridgehead atoms. The van der Waals surface area contributed by atoms with E-state index < -0.39 is 11.7 Å². The summed E-state index contributed by atoms with van der Waals surface area (Å²) in [6, 6.07) is 7.15. The van der Waals surface area contributed by atoms with Crippen LogP contribution in [-0.2, 0) is 19.8 Å². The third-order valence-corrected chi connectivity index (χ3v) is 3.42. The van der Waals surface area contributed by atoms with Gasteiger partial charge in [-0.1, -0.05) is 12.1 Å². The first-order chi connectivity index (χ1) is 11.9. The lowest BCUT2D eigenvalue weighted by molar-refractivity contribution is -0.138. The minimum Gasteiger partial charge on any atom is -0.491 e.